The van der Waals surface area contributed by atoms with Gasteiger partial charge in [-0.25, -0.2) is 0 Å². The number of carboxylic acids is 1. The van der Waals surface area contributed by atoms with Crippen molar-refractivity contribution < 1.29 is 24.6 Å². The summed E-state index contributed by atoms with van der Waals surface area (Å²) in [6.45, 7) is 0.591. The van der Waals surface area contributed by atoms with Crippen LogP contribution in [0.15, 0.2) is 60.7 Å². The number of carbonyl (C=O) groups is 3. The Morgan fingerprint density at radius 1 is 0.919 bits per heavy atom. The number of aliphatic hydroxyl groups excluding tert-OH is 1. The molecule has 1 saturated carbocycles. The smallest absolute Gasteiger partial charge is 0.307 e. The number of aliphatic hydroxyl groups is 1. The van der Waals surface area contributed by atoms with Gasteiger partial charge in [-0.1, -0.05) is 67.4 Å². The van der Waals surface area contributed by atoms with Crippen molar-refractivity contribution >= 4 is 28.6 Å². The Kier molecular flexibility index (Phi) is 5.95. The van der Waals surface area contributed by atoms with Gasteiger partial charge in [0.1, 0.15) is 0 Å². The Morgan fingerprint density at radius 2 is 1.65 bits per heavy atom. The number of carbonyl (C=O) groups excluding carboxylic acids is 2. The van der Waals surface area contributed by atoms with E-state index in [1.807, 2.05) is 54.6 Å². The molecule has 0 aromatic heterocycles. The van der Waals surface area contributed by atoms with Gasteiger partial charge in [0.2, 0.25) is 5.91 Å². The van der Waals surface area contributed by atoms with Crippen LogP contribution < -0.4 is 0 Å². The maximum absolute atomic E-state index is 13.9. The van der Waals surface area contributed by atoms with Gasteiger partial charge >= 0.3 is 5.97 Å². The lowest BCUT2D eigenvalue weighted by atomic mass is 9.77. The molecule has 190 valence electrons. The van der Waals surface area contributed by atoms with E-state index in [0.29, 0.717) is 36.9 Å². The van der Waals surface area contributed by atoms with Crippen LogP contribution in [0.2, 0.25) is 0 Å². The van der Waals surface area contributed by atoms with Gasteiger partial charge < -0.3 is 20.0 Å². The third-order valence-corrected chi connectivity index (χ3v) is 8.48. The van der Waals surface area contributed by atoms with E-state index in [2.05, 4.69) is 0 Å². The molecule has 4 atom stereocenters. The number of hydrogen-bond donors (Lipinski definition) is 2. The first kappa shape index (κ1) is 23.7. The fourth-order valence-electron chi connectivity index (χ4n) is 6.60. The van der Waals surface area contributed by atoms with E-state index in [0.717, 1.165) is 34.7 Å². The summed E-state index contributed by atoms with van der Waals surface area (Å²) >= 11 is 0. The number of benzene rings is 3. The first-order valence-electron chi connectivity index (χ1n) is 13.1. The van der Waals surface area contributed by atoms with Gasteiger partial charge in [-0.3, -0.25) is 14.4 Å². The summed E-state index contributed by atoms with van der Waals surface area (Å²) in [5.41, 5.74) is 3.14. The van der Waals surface area contributed by atoms with E-state index in [9.17, 15) is 24.6 Å². The van der Waals surface area contributed by atoms with Crippen molar-refractivity contribution in [2.45, 2.75) is 44.4 Å². The van der Waals surface area contributed by atoms with Crippen molar-refractivity contribution in [3.05, 3.63) is 82.9 Å². The molecule has 1 fully saturated rings. The number of amides is 2. The topological polar surface area (TPSA) is 98.2 Å². The maximum Gasteiger partial charge on any atom is 0.307 e. The Hall–Kier alpha value is -3.71. The van der Waals surface area contributed by atoms with Crippen LogP contribution in [-0.2, 0) is 16.0 Å². The van der Waals surface area contributed by atoms with Crippen molar-refractivity contribution in [2.24, 2.45) is 11.8 Å². The lowest BCUT2D eigenvalue weighted by Gasteiger charge is -2.42. The Balaban J connectivity index is 1.36. The molecule has 7 heteroatoms. The molecule has 2 heterocycles. The number of aliphatic carboxylic acids is 1. The highest BCUT2D eigenvalue weighted by Gasteiger charge is 2.44. The van der Waals surface area contributed by atoms with Gasteiger partial charge in [-0.15, -0.1) is 0 Å². The van der Waals surface area contributed by atoms with Crippen LogP contribution in [-0.4, -0.2) is 50.9 Å². The highest BCUT2D eigenvalue weighted by atomic mass is 16.4. The van der Waals surface area contributed by atoms with Gasteiger partial charge in [0.05, 0.1) is 17.9 Å². The molecule has 3 aliphatic rings. The Morgan fingerprint density at radius 3 is 2.46 bits per heavy atom. The molecule has 0 saturated heterocycles. The second kappa shape index (κ2) is 9.30. The molecule has 0 radical (unpaired) electrons. The minimum atomic E-state index is -1.12. The van der Waals surface area contributed by atoms with Crippen LogP contribution in [0.25, 0.3) is 10.8 Å². The lowest BCUT2D eigenvalue weighted by Crippen LogP contribution is -2.50. The van der Waals surface area contributed by atoms with Crippen molar-refractivity contribution in [1.82, 2.24) is 9.80 Å². The summed E-state index contributed by atoms with van der Waals surface area (Å²) in [5, 5.41) is 23.0. The number of carboxylic acid groups (broad SMARTS) is 1. The van der Waals surface area contributed by atoms with E-state index >= 15 is 0 Å². The fraction of sp³-hybridized carbons (Fsp3) is 0.367. The van der Waals surface area contributed by atoms with E-state index in [1.54, 1.807) is 11.0 Å². The van der Waals surface area contributed by atoms with Gasteiger partial charge in [0.25, 0.3) is 5.91 Å². The Labute approximate surface area is 215 Å². The SMILES string of the molecule is O=C(O)C1CCCCC1C(=O)N1CCc2ccccc2C1CN1C(=O)c2ccc3ccccc3c2C1O. The zero-order chi connectivity index (χ0) is 25.7. The molecule has 0 bridgehead atoms. The van der Waals surface area contributed by atoms with Crippen molar-refractivity contribution in [3.8, 4) is 0 Å². The maximum atomic E-state index is 13.9. The molecule has 6 rings (SSSR count). The zero-order valence-electron chi connectivity index (χ0n) is 20.5. The van der Waals surface area contributed by atoms with E-state index in [1.165, 1.54) is 4.90 Å². The number of nitrogens with zero attached hydrogens (tertiary/aromatic N) is 2. The van der Waals surface area contributed by atoms with Crippen molar-refractivity contribution in [1.29, 1.82) is 0 Å². The molecule has 2 amide bonds. The third kappa shape index (κ3) is 3.89. The third-order valence-electron chi connectivity index (χ3n) is 8.48. The minimum Gasteiger partial charge on any atom is -0.481 e. The fourth-order valence-corrected chi connectivity index (χ4v) is 6.60. The zero-order valence-corrected chi connectivity index (χ0v) is 20.5. The number of rotatable bonds is 4. The Bertz CT molecular complexity index is 1400. The monoisotopic (exact) mass is 498 g/mol. The summed E-state index contributed by atoms with van der Waals surface area (Å²) in [7, 11) is 0. The van der Waals surface area contributed by atoms with Crippen LogP contribution in [0.3, 0.4) is 0 Å². The molecule has 3 aromatic rings. The van der Waals surface area contributed by atoms with Crippen LogP contribution in [0.5, 0.6) is 0 Å². The standard InChI is InChI=1S/C30H30N2O5/c33-27(22-11-5-6-12-23(22)30(36)37)31-16-15-19-8-1-3-9-20(19)25(31)17-32-28(34)24-14-13-18-7-2-4-10-21(18)26(24)29(32)35/h1-4,7-10,13-14,22-23,25,29,35H,5-6,11-12,15-17H2,(H,36,37). The lowest BCUT2D eigenvalue weighted by molar-refractivity contribution is -0.154. The van der Waals surface area contributed by atoms with Gasteiger partial charge in [-0.05, 0) is 47.2 Å². The highest BCUT2D eigenvalue weighted by molar-refractivity contribution is 6.05. The normalized spacial score (nSPS) is 25.2. The van der Waals surface area contributed by atoms with Crippen LogP contribution in [0, 0.1) is 11.8 Å². The molecular formula is C30H30N2O5. The van der Waals surface area contributed by atoms with E-state index in [4.69, 9.17) is 0 Å². The molecule has 2 N–H and O–H groups in total. The average molecular weight is 499 g/mol. The van der Waals surface area contributed by atoms with Crippen LogP contribution >= 0.6 is 0 Å². The van der Waals surface area contributed by atoms with Gasteiger partial charge in [0, 0.05) is 24.2 Å². The van der Waals surface area contributed by atoms with Crippen LogP contribution in [0.1, 0.15) is 65.0 Å². The summed E-state index contributed by atoms with van der Waals surface area (Å²) in [4.78, 5) is 42.7. The highest BCUT2D eigenvalue weighted by Crippen LogP contribution is 2.41. The minimum absolute atomic E-state index is 0.135. The summed E-state index contributed by atoms with van der Waals surface area (Å²) in [6.07, 6.45) is 2.26. The van der Waals surface area contributed by atoms with E-state index < -0.39 is 30.1 Å². The van der Waals surface area contributed by atoms with Gasteiger partial charge in [-0.2, -0.15) is 0 Å². The molecule has 1 aliphatic carbocycles. The number of fused-ring (bicyclic) bond motifs is 4. The van der Waals surface area contributed by atoms with Crippen molar-refractivity contribution in [2.75, 3.05) is 13.1 Å². The second-order valence-corrected chi connectivity index (χ2v) is 10.4. The van der Waals surface area contributed by atoms with Crippen LogP contribution in [0.4, 0.5) is 0 Å². The number of hydrogen-bond acceptors (Lipinski definition) is 4. The van der Waals surface area contributed by atoms with Crippen molar-refractivity contribution in [3.63, 3.8) is 0 Å². The molecule has 0 spiro atoms. The predicted octanol–water partition coefficient (Wildman–Crippen LogP) is 4.30. The first-order valence-corrected chi connectivity index (χ1v) is 13.1. The molecule has 2 aliphatic heterocycles. The second-order valence-electron chi connectivity index (χ2n) is 10.4. The summed E-state index contributed by atoms with van der Waals surface area (Å²) in [6, 6.07) is 18.8. The van der Waals surface area contributed by atoms with Gasteiger partial charge in [0.15, 0.2) is 6.23 Å². The summed E-state index contributed by atoms with van der Waals surface area (Å²) < 4.78 is 0. The molecule has 4 unspecified atom stereocenters. The molecule has 37 heavy (non-hydrogen) atoms. The molecule has 7 nitrogen and oxygen atoms in total. The van der Waals surface area contributed by atoms with E-state index in [-0.39, 0.29) is 18.4 Å². The quantitative estimate of drug-likeness (QED) is 0.559. The predicted molar refractivity (Wildman–Crippen MR) is 138 cm³/mol. The first-order chi connectivity index (χ1) is 18.0. The largest absolute Gasteiger partial charge is 0.481 e. The molecule has 3 aromatic carbocycles. The molecular weight excluding hydrogens is 468 g/mol. The summed E-state index contributed by atoms with van der Waals surface area (Å²) in [5.74, 6) is -2.59. The average Bonchev–Trinajstić information content (AvgIpc) is 3.17.